The Balaban J connectivity index is 2.55. The lowest BCUT2D eigenvalue weighted by Gasteiger charge is -1.93. The Kier molecular flexibility index (Phi) is 1.33. The van der Waals surface area contributed by atoms with E-state index in [9.17, 15) is 0 Å². The minimum Gasteiger partial charge on any atom is -0.431 e. The molecular weight excluding hydrogens is 158 g/mol. The molecule has 0 aliphatic carbocycles. The first-order valence-corrected chi connectivity index (χ1v) is 3.36. The SMILES string of the molecule is Cc1c(N)nnn1-c1ncco1. The molecule has 6 heteroatoms. The van der Waals surface area contributed by atoms with Gasteiger partial charge in [-0.25, -0.2) is 4.98 Å². The van der Waals surface area contributed by atoms with Crippen molar-refractivity contribution in [3.05, 3.63) is 18.2 Å². The van der Waals surface area contributed by atoms with Gasteiger partial charge in [0, 0.05) is 0 Å². The van der Waals surface area contributed by atoms with Crippen molar-refractivity contribution in [1.82, 2.24) is 20.0 Å². The Hall–Kier alpha value is -1.85. The lowest BCUT2D eigenvalue weighted by Crippen LogP contribution is -1.99. The molecule has 0 spiro atoms. The number of hydrogen-bond donors (Lipinski definition) is 1. The van der Waals surface area contributed by atoms with Gasteiger partial charge in [0.05, 0.1) is 11.9 Å². The van der Waals surface area contributed by atoms with Gasteiger partial charge in [-0.3, -0.25) is 0 Å². The van der Waals surface area contributed by atoms with E-state index in [0.29, 0.717) is 11.8 Å². The summed E-state index contributed by atoms with van der Waals surface area (Å²) in [5.74, 6) is 0.383. The lowest BCUT2D eigenvalue weighted by molar-refractivity contribution is 0.500. The molecule has 0 saturated heterocycles. The summed E-state index contributed by atoms with van der Waals surface area (Å²) < 4.78 is 6.45. The molecule has 62 valence electrons. The van der Waals surface area contributed by atoms with Gasteiger partial charge >= 0.3 is 6.01 Å². The first-order valence-electron chi connectivity index (χ1n) is 3.36. The zero-order valence-electron chi connectivity index (χ0n) is 6.43. The van der Waals surface area contributed by atoms with Gasteiger partial charge in [-0.1, -0.05) is 5.21 Å². The molecule has 0 radical (unpaired) electrons. The zero-order valence-corrected chi connectivity index (χ0v) is 6.43. The van der Waals surface area contributed by atoms with Crippen LogP contribution in [0.3, 0.4) is 0 Å². The summed E-state index contributed by atoms with van der Waals surface area (Å²) in [6.45, 7) is 1.79. The normalized spacial score (nSPS) is 10.4. The van der Waals surface area contributed by atoms with Gasteiger partial charge in [-0.05, 0) is 6.92 Å². The van der Waals surface area contributed by atoms with Gasteiger partial charge in [0.2, 0.25) is 0 Å². The largest absolute Gasteiger partial charge is 0.431 e. The molecule has 0 aliphatic heterocycles. The molecule has 0 fully saturated rings. The fourth-order valence-corrected chi connectivity index (χ4v) is 0.843. The summed E-state index contributed by atoms with van der Waals surface area (Å²) in [6.07, 6.45) is 3.00. The van der Waals surface area contributed by atoms with Crippen molar-refractivity contribution in [3.8, 4) is 6.01 Å². The van der Waals surface area contributed by atoms with Gasteiger partial charge in [-0.2, -0.15) is 4.68 Å². The second kappa shape index (κ2) is 2.33. The van der Waals surface area contributed by atoms with Crippen LogP contribution in [0.25, 0.3) is 6.01 Å². The maximum Gasteiger partial charge on any atom is 0.324 e. The van der Waals surface area contributed by atoms with Crippen molar-refractivity contribution in [2.75, 3.05) is 5.73 Å². The Morgan fingerprint density at radius 2 is 2.42 bits per heavy atom. The molecule has 0 saturated carbocycles. The molecule has 6 nitrogen and oxygen atoms in total. The monoisotopic (exact) mass is 165 g/mol. The van der Waals surface area contributed by atoms with Gasteiger partial charge in [0.15, 0.2) is 5.82 Å². The number of nitrogens with zero attached hydrogens (tertiary/aromatic N) is 4. The predicted octanol–water partition coefficient (Wildman–Crippen LogP) is 0.146. The molecule has 2 heterocycles. The lowest BCUT2D eigenvalue weighted by atomic mass is 10.5. The van der Waals surface area contributed by atoms with Crippen LogP contribution in [0.5, 0.6) is 0 Å². The summed E-state index contributed by atoms with van der Waals surface area (Å²) in [5, 5.41) is 7.41. The van der Waals surface area contributed by atoms with Gasteiger partial charge in [0.25, 0.3) is 0 Å². The van der Waals surface area contributed by atoms with Crippen molar-refractivity contribution in [2.24, 2.45) is 0 Å². The maximum absolute atomic E-state index is 5.48. The van der Waals surface area contributed by atoms with Crippen LogP contribution in [0.2, 0.25) is 0 Å². The molecule has 2 rings (SSSR count). The predicted molar refractivity (Wildman–Crippen MR) is 40.6 cm³/mol. The molecule has 0 bridgehead atoms. The highest BCUT2D eigenvalue weighted by Crippen LogP contribution is 2.10. The topological polar surface area (TPSA) is 82.8 Å². The summed E-state index contributed by atoms with van der Waals surface area (Å²) in [6, 6.07) is 0.372. The number of nitrogen functional groups attached to an aromatic ring is 1. The van der Waals surface area contributed by atoms with E-state index in [1.54, 1.807) is 6.92 Å². The third kappa shape index (κ3) is 0.849. The van der Waals surface area contributed by atoms with Crippen molar-refractivity contribution < 1.29 is 4.42 Å². The van der Waals surface area contributed by atoms with Crippen LogP contribution in [0.4, 0.5) is 5.82 Å². The summed E-state index contributed by atoms with van der Waals surface area (Å²) in [4.78, 5) is 3.90. The highest BCUT2D eigenvalue weighted by atomic mass is 16.4. The first-order chi connectivity index (χ1) is 5.79. The van der Waals surface area contributed by atoms with Crippen LogP contribution in [0.15, 0.2) is 16.9 Å². The van der Waals surface area contributed by atoms with Crippen LogP contribution in [0.1, 0.15) is 5.69 Å². The van der Waals surface area contributed by atoms with Crippen LogP contribution in [-0.2, 0) is 0 Å². The Labute approximate surface area is 68.0 Å². The number of oxazole rings is 1. The third-order valence-corrected chi connectivity index (χ3v) is 1.53. The van der Waals surface area contributed by atoms with Crippen LogP contribution >= 0.6 is 0 Å². The fourth-order valence-electron chi connectivity index (χ4n) is 0.843. The molecule has 0 amide bonds. The highest BCUT2D eigenvalue weighted by Gasteiger charge is 2.09. The molecule has 0 atom stereocenters. The fraction of sp³-hybridized carbons (Fsp3) is 0.167. The van der Waals surface area contributed by atoms with E-state index < -0.39 is 0 Å². The van der Waals surface area contributed by atoms with Crippen molar-refractivity contribution in [2.45, 2.75) is 6.92 Å². The smallest absolute Gasteiger partial charge is 0.324 e. The van der Waals surface area contributed by atoms with Crippen LogP contribution in [0, 0.1) is 6.92 Å². The van der Waals surface area contributed by atoms with Crippen LogP contribution in [-0.4, -0.2) is 20.0 Å². The molecule has 0 aliphatic rings. The summed E-state index contributed by atoms with van der Waals surface area (Å²) in [7, 11) is 0. The van der Waals surface area contributed by atoms with Gasteiger partial charge < -0.3 is 10.2 Å². The maximum atomic E-state index is 5.48. The number of rotatable bonds is 1. The standard InChI is InChI=1S/C6H7N5O/c1-4-5(7)9-10-11(4)6-8-2-3-12-6/h2-3H,7H2,1H3. The van der Waals surface area contributed by atoms with Crippen LogP contribution < -0.4 is 5.73 Å². The van der Waals surface area contributed by atoms with E-state index >= 15 is 0 Å². The first kappa shape index (κ1) is 6.84. The molecule has 2 aromatic heterocycles. The average Bonchev–Trinajstić information content (AvgIpc) is 2.64. The summed E-state index contributed by atoms with van der Waals surface area (Å²) >= 11 is 0. The number of aromatic nitrogens is 4. The van der Waals surface area contributed by atoms with E-state index in [-0.39, 0.29) is 0 Å². The molecule has 2 N–H and O–H groups in total. The number of anilines is 1. The van der Waals surface area contributed by atoms with Gasteiger partial charge in [-0.15, -0.1) is 5.10 Å². The Morgan fingerprint density at radius 3 is 2.92 bits per heavy atom. The van der Waals surface area contributed by atoms with E-state index in [1.165, 1.54) is 17.1 Å². The molecule has 12 heavy (non-hydrogen) atoms. The minimum absolute atomic E-state index is 0.372. The van der Waals surface area contributed by atoms with E-state index in [1.807, 2.05) is 0 Å². The second-order valence-electron chi connectivity index (χ2n) is 2.29. The van der Waals surface area contributed by atoms with E-state index in [4.69, 9.17) is 10.2 Å². The molecule has 0 aromatic carbocycles. The Bertz CT molecular complexity index is 377. The van der Waals surface area contributed by atoms with Crippen molar-refractivity contribution in [1.29, 1.82) is 0 Å². The molecule has 2 aromatic rings. The second-order valence-corrected chi connectivity index (χ2v) is 2.29. The number of nitrogens with two attached hydrogens (primary N) is 1. The minimum atomic E-state index is 0.372. The average molecular weight is 165 g/mol. The van der Waals surface area contributed by atoms with E-state index in [2.05, 4.69) is 15.3 Å². The van der Waals surface area contributed by atoms with Crippen molar-refractivity contribution in [3.63, 3.8) is 0 Å². The highest BCUT2D eigenvalue weighted by molar-refractivity contribution is 5.33. The molecule has 0 unspecified atom stereocenters. The third-order valence-electron chi connectivity index (χ3n) is 1.53. The van der Waals surface area contributed by atoms with E-state index in [0.717, 1.165) is 5.69 Å². The number of hydrogen-bond acceptors (Lipinski definition) is 5. The van der Waals surface area contributed by atoms with Gasteiger partial charge in [0.1, 0.15) is 6.26 Å². The Morgan fingerprint density at radius 1 is 1.58 bits per heavy atom. The quantitative estimate of drug-likeness (QED) is 0.650. The van der Waals surface area contributed by atoms with Crippen molar-refractivity contribution >= 4 is 5.82 Å². The molecular formula is C6H7N5O. The zero-order chi connectivity index (χ0) is 8.55. The summed E-state index contributed by atoms with van der Waals surface area (Å²) in [5.41, 5.74) is 6.20.